The molecule has 6 nitrogen and oxygen atoms in total. The van der Waals surface area contributed by atoms with Gasteiger partial charge in [-0.05, 0) is 42.8 Å². The zero-order valence-electron chi connectivity index (χ0n) is 14.5. The van der Waals surface area contributed by atoms with Crippen LogP contribution in [-0.4, -0.2) is 25.1 Å². The minimum absolute atomic E-state index is 0.0777. The molecular weight excluding hydrogens is 330 g/mol. The highest BCUT2D eigenvalue weighted by Gasteiger charge is 2.04. The van der Waals surface area contributed by atoms with Crippen molar-refractivity contribution in [2.24, 2.45) is 0 Å². The molecule has 0 unspecified atom stereocenters. The van der Waals surface area contributed by atoms with Gasteiger partial charge in [0.05, 0.1) is 6.61 Å². The summed E-state index contributed by atoms with van der Waals surface area (Å²) in [4.78, 5) is 23.5. The van der Waals surface area contributed by atoms with E-state index in [4.69, 9.17) is 4.74 Å². The molecule has 136 valence electrons. The fourth-order valence-corrected chi connectivity index (χ4v) is 2.14. The average molecular weight is 353 g/mol. The zero-order valence-corrected chi connectivity index (χ0v) is 14.5. The number of amides is 3. The first-order valence-corrected chi connectivity index (χ1v) is 8.41. The molecule has 0 aliphatic rings. The molecule has 0 radical (unpaired) electrons. The number of carbonyl (C=O) groups excluding carboxylic acids is 2. The molecule has 3 amide bonds. The van der Waals surface area contributed by atoms with E-state index in [9.17, 15) is 9.59 Å². The van der Waals surface area contributed by atoms with Gasteiger partial charge >= 0.3 is 6.03 Å². The molecule has 3 N–H and O–H groups in total. The SMILES string of the molecule is C=CCNC(=O)Nc1ccc(NC(=O)CCCOc2ccccc2)cc1. The van der Waals surface area contributed by atoms with Gasteiger partial charge < -0.3 is 20.7 Å². The molecule has 0 aliphatic heterocycles. The van der Waals surface area contributed by atoms with Crippen LogP contribution in [0.2, 0.25) is 0 Å². The van der Waals surface area contributed by atoms with Crippen molar-refractivity contribution in [1.82, 2.24) is 5.32 Å². The van der Waals surface area contributed by atoms with Crippen LogP contribution >= 0.6 is 0 Å². The van der Waals surface area contributed by atoms with Crippen molar-refractivity contribution in [3.05, 3.63) is 67.3 Å². The molecule has 0 spiro atoms. The van der Waals surface area contributed by atoms with Crippen molar-refractivity contribution < 1.29 is 14.3 Å². The summed E-state index contributed by atoms with van der Waals surface area (Å²) in [7, 11) is 0. The third-order valence-electron chi connectivity index (χ3n) is 3.39. The number of nitrogens with one attached hydrogen (secondary N) is 3. The van der Waals surface area contributed by atoms with Crippen molar-refractivity contribution in [2.45, 2.75) is 12.8 Å². The Bertz CT molecular complexity index is 715. The van der Waals surface area contributed by atoms with Gasteiger partial charge in [-0.25, -0.2) is 4.79 Å². The molecule has 0 aliphatic carbocycles. The van der Waals surface area contributed by atoms with E-state index in [1.165, 1.54) is 0 Å². The molecule has 0 fully saturated rings. The summed E-state index contributed by atoms with van der Waals surface area (Å²) in [5.74, 6) is 0.722. The lowest BCUT2D eigenvalue weighted by Gasteiger charge is -2.09. The Kier molecular flexibility index (Phi) is 7.74. The lowest BCUT2D eigenvalue weighted by Crippen LogP contribution is -2.28. The van der Waals surface area contributed by atoms with Crippen LogP contribution in [0.4, 0.5) is 16.2 Å². The quantitative estimate of drug-likeness (QED) is 0.474. The van der Waals surface area contributed by atoms with E-state index in [1.54, 1.807) is 30.3 Å². The molecule has 0 bridgehead atoms. The lowest BCUT2D eigenvalue weighted by molar-refractivity contribution is -0.116. The van der Waals surface area contributed by atoms with Crippen LogP contribution < -0.4 is 20.7 Å². The molecular formula is C20H23N3O3. The number of hydrogen-bond donors (Lipinski definition) is 3. The molecule has 0 atom stereocenters. The number of rotatable bonds is 9. The van der Waals surface area contributed by atoms with Gasteiger partial charge in [0.1, 0.15) is 5.75 Å². The van der Waals surface area contributed by atoms with Crippen LogP contribution in [0.5, 0.6) is 5.75 Å². The third-order valence-corrected chi connectivity index (χ3v) is 3.39. The van der Waals surface area contributed by atoms with Crippen LogP contribution in [0.25, 0.3) is 0 Å². The predicted molar refractivity (Wildman–Crippen MR) is 103 cm³/mol. The van der Waals surface area contributed by atoms with E-state index < -0.39 is 0 Å². The summed E-state index contributed by atoms with van der Waals surface area (Å²) in [5, 5.41) is 8.13. The van der Waals surface area contributed by atoms with Gasteiger partial charge in [-0.3, -0.25) is 4.79 Å². The Balaban J connectivity index is 1.68. The standard InChI is InChI=1S/C20H23N3O3/c1-2-14-21-20(25)23-17-12-10-16(11-13-17)22-19(24)9-6-15-26-18-7-4-3-5-8-18/h2-5,7-8,10-13H,1,6,9,14-15H2,(H,22,24)(H2,21,23,25). The summed E-state index contributed by atoms with van der Waals surface area (Å²) in [6, 6.07) is 16.1. The average Bonchev–Trinajstić information content (AvgIpc) is 2.66. The van der Waals surface area contributed by atoms with Crippen LogP contribution in [0.1, 0.15) is 12.8 Å². The lowest BCUT2D eigenvalue weighted by atomic mass is 10.2. The Hall–Kier alpha value is -3.28. The Morgan fingerprint density at radius 2 is 1.62 bits per heavy atom. The molecule has 2 rings (SSSR count). The topological polar surface area (TPSA) is 79.5 Å². The number of hydrogen-bond acceptors (Lipinski definition) is 3. The highest BCUT2D eigenvalue weighted by Crippen LogP contribution is 2.14. The summed E-state index contributed by atoms with van der Waals surface area (Å²) in [6.45, 7) is 4.41. The first kappa shape index (κ1) is 19.1. The normalized spacial score (nSPS) is 9.85. The Morgan fingerprint density at radius 1 is 0.962 bits per heavy atom. The second-order valence-electron chi connectivity index (χ2n) is 5.51. The minimum atomic E-state index is -0.305. The molecule has 0 heterocycles. The van der Waals surface area contributed by atoms with Crippen molar-refractivity contribution in [1.29, 1.82) is 0 Å². The first-order valence-electron chi connectivity index (χ1n) is 8.41. The molecule has 0 aromatic heterocycles. The fraction of sp³-hybridized carbons (Fsp3) is 0.200. The van der Waals surface area contributed by atoms with Crippen molar-refractivity contribution >= 4 is 23.3 Å². The maximum atomic E-state index is 11.9. The molecule has 6 heteroatoms. The van der Waals surface area contributed by atoms with E-state index >= 15 is 0 Å². The maximum Gasteiger partial charge on any atom is 0.319 e. The van der Waals surface area contributed by atoms with Gasteiger partial charge in [-0.2, -0.15) is 0 Å². The Labute approximate surface area is 153 Å². The number of para-hydroxylation sites is 1. The van der Waals surface area contributed by atoms with Crippen molar-refractivity contribution in [3.8, 4) is 5.75 Å². The smallest absolute Gasteiger partial charge is 0.319 e. The van der Waals surface area contributed by atoms with Crippen molar-refractivity contribution in [3.63, 3.8) is 0 Å². The van der Waals surface area contributed by atoms with Gasteiger partial charge in [0.15, 0.2) is 0 Å². The van der Waals surface area contributed by atoms with E-state index in [0.29, 0.717) is 37.4 Å². The summed E-state index contributed by atoms with van der Waals surface area (Å²) >= 11 is 0. The third kappa shape index (κ3) is 7.09. The van der Waals surface area contributed by atoms with Gasteiger partial charge in [0.25, 0.3) is 0 Å². The van der Waals surface area contributed by atoms with Gasteiger partial charge in [-0.15, -0.1) is 6.58 Å². The molecule has 0 saturated heterocycles. The van der Waals surface area contributed by atoms with Crippen LogP contribution in [0.15, 0.2) is 67.3 Å². The molecule has 26 heavy (non-hydrogen) atoms. The largest absolute Gasteiger partial charge is 0.494 e. The number of benzene rings is 2. The molecule has 0 saturated carbocycles. The Morgan fingerprint density at radius 3 is 2.27 bits per heavy atom. The summed E-state index contributed by atoms with van der Waals surface area (Å²) in [5.41, 5.74) is 1.32. The molecule has 2 aromatic rings. The number of urea groups is 1. The summed E-state index contributed by atoms with van der Waals surface area (Å²) in [6.07, 6.45) is 2.60. The van der Waals surface area contributed by atoms with Crippen LogP contribution in [0.3, 0.4) is 0 Å². The number of carbonyl (C=O) groups is 2. The highest BCUT2D eigenvalue weighted by atomic mass is 16.5. The van der Waals surface area contributed by atoms with Crippen LogP contribution in [0, 0.1) is 0 Å². The minimum Gasteiger partial charge on any atom is -0.494 e. The maximum absolute atomic E-state index is 11.9. The monoisotopic (exact) mass is 353 g/mol. The van der Waals surface area contributed by atoms with E-state index in [-0.39, 0.29) is 11.9 Å². The van der Waals surface area contributed by atoms with Gasteiger partial charge in [0.2, 0.25) is 5.91 Å². The van der Waals surface area contributed by atoms with Crippen LogP contribution in [-0.2, 0) is 4.79 Å². The first-order chi connectivity index (χ1) is 12.7. The number of anilines is 2. The van der Waals surface area contributed by atoms with Gasteiger partial charge in [-0.1, -0.05) is 24.3 Å². The second kappa shape index (κ2) is 10.6. The molecule has 2 aromatic carbocycles. The second-order valence-corrected chi connectivity index (χ2v) is 5.51. The van der Waals surface area contributed by atoms with Crippen molar-refractivity contribution in [2.75, 3.05) is 23.8 Å². The van der Waals surface area contributed by atoms with E-state index in [0.717, 1.165) is 5.75 Å². The predicted octanol–water partition coefficient (Wildman–Crippen LogP) is 3.79. The highest BCUT2D eigenvalue weighted by molar-refractivity contribution is 5.92. The van der Waals surface area contributed by atoms with E-state index in [1.807, 2.05) is 30.3 Å². The van der Waals surface area contributed by atoms with Gasteiger partial charge in [0, 0.05) is 24.3 Å². The fourth-order valence-electron chi connectivity index (χ4n) is 2.14. The van der Waals surface area contributed by atoms with E-state index in [2.05, 4.69) is 22.5 Å². The zero-order chi connectivity index (χ0) is 18.6. The summed E-state index contributed by atoms with van der Waals surface area (Å²) < 4.78 is 5.55. The number of ether oxygens (including phenoxy) is 1.